The number of alkyl halides is 3. The molecule has 1 aromatic carbocycles. The van der Waals surface area contributed by atoms with Crippen LogP contribution in [-0.4, -0.2) is 22.5 Å². The van der Waals surface area contributed by atoms with E-state index in [-0.39, 0.29) is 12.6 Å². The molecule has 23 heavy (non-hydrogen) atoms. The van der Waals surface area contributed by atoms with Crippen LogP contribution in [-0.2, 0) is 10.9 Å². The number of esters is 1. The number of aromatic nitrogens is 2. The van der Waals surface area contributed by atoms with E-state index in [4.69, 9.17) is 0 Å². The molecule has 122 valence electrons. The Morgan fingerprint density at radius 3 is 2.52 bits per heavy atom. The predicted octanol–water partition coefficient (Wildman–Crippen LogP) is 4.18. The van der Waals surface area contributed by atoms with Crippen molar-refractivity contribution in [1.29, 1.82) is 0 Å². The molecule has 0 aliphatic heterocycles. The van der Waals surface area contributed by atoms with E-state index in [0.717, 1.165) is 10.7 Å². The second-order valence-corrected chi connectivity index (χ2v) is 5.22. The Balaban J connectivity index is 2.36. The topological polar surface area (TPSA) is 64.1 Å². The van der Waals surface area contributed by atoms with E-state index in [1.54, 1.807) is 24.3 Å². The van der Waals surface area contributed by atoms with Gasteiger partial charge in [0.2, 0.25) is 5.95 Å². The monoisotopic (exact) mass is 389 g/mol. The van der Waals surface area contributed by atoms with Gasteiger partial charge in [-0.1, -0.05) is 15.9 Å². The maximum absolute atomic E-state index is 13.1. The van der Waals surface area contributed by atoms with Crippen LogP contribution in [0.2, 0.25) is 0 Å². The summed E-state index contributed by atoms with van der Waals surface area (Å²) in [5, 5.41) is 2.65. The lowest BCUT2D eigenvalue weighted by Crippen LogP contribution is -2.19. The number of rotatable bonds is 4. The second kappa shape index (κ2) is 6.95. The second-order valence-electron chi connectivity index (χ2n) is 4.31. The predicted molar refractivity (Wildman–Crippen MR) is 80.4 cm³/mol. The fourth-order valence-electron chi connectivity index (χ4n) is 1.68. The molecule has 1 N–H and O–H groups in total. The molecule has 1 heterocycles. The van der Waals surface area contributed by atoms with E-state index in [1.807, 2.05) is 0 Å². The summed E-state index contributed by atoms with van der Waals surface area (Å²) in [5.41, 5.74) is -1.56. The first kappa shape index (κ1) is 17.2. The summed E-state index contributed by atoms with van der Waals surface area (Å²) >= 11 is 3.25. The number of halogens is 4. The lowest BCUT2D eigenvalue weighted by molar-refractivity contribution is -0.141. The molecule has 0 unspecified atom stereocenters. The Hall–Kier alpha value is -2.16. The standard InChI is InChI=1S/C14H11BrF3N3O2/c1-2-23-12(22)10-7-19-13(21-11(10)14(16,17)18)20-9-5-3-8(15)4-6-9/h3-7H,2H2,1H3,(H,19,20,21). The van der Waals surface area contributed by atoms with E-state index in [1.165, 1.54) is 6.92 Å². The molecule has 0 aliphatic carbocycles. The Kier molecular flexibility index (Phi) is 5.19. The molecule has 0 saturated heterocycles. The van der Waals surface area contributed by atoms with Gasteiger partial charge in [-0.2, -0.15) is 13.2 Å². The lowest BCUT2D eigenvalue weighted by Gasteiger charge is -2.12. The lowest BCUT2D eigenvalue weighted by atomic mass is 10.2. The van der Waals surface area contributed by atoms with Crippen molar-refractivity contribution < 1.29 is 22.7 Å². The molecule has 0 bridgehead atoms. The van der Waals surface area contributed by atoms with Crippen molar-refractivity contribution in [3.05, 3.63) is 46.2 Å². The molecule has 0 amide bonds. The largest absolute Gasteiger partial charge is 0.462 e. The summed E-state index contributed by atoms with van der Waals surface area (Å²) in [6.45, 7) is 1.45. The zero-order valence-electron chi connectivity index (χ0n) is 11.8. The fourth-order valence-corrected chi connectivity index (χ4v) is 1.94. The SMILES string of the molecule is CCOC(=O)c1cnc(Nc2ccc(Br)cc2)nc1C(F)(F)F. The minimum Gasteiger partial charge on any atom is -0.462 e. The zero-order chi connectivity index (χ0) is 17.0. The van der Waals surface area contributed by atoms with E-state index in [9.17, 15) is 18.0 Å². The van der Waals surface area contributed by atoms with E-state index < -0.39 is 23.4 Å². The number of anilines is 2. The third-order valence-electron chi connectivity index (χ3n) is 2.65. The van der Waals surface area contributed by atoms with Crippen molar-refractivity contribution in [3.63, 3.8) is 0 Å². The summed E-state index contributed by atoms with van der Waals surface area (Å²) < 4.78 is 44.7. The van der Waals surface area contributed by atoms with Gasteiger partial charge in [0.1, 0.15) is 5.56 Å². The number of carbonyl (C=O) groups excluding carboxylic acids is 1. The minimum atomic E-state index is -4.80. The fraction of sp³-hybridized carbons (Fsp3) is 0.214. The van der Waals surface area contributed by atoms with Crippen LogP contribution in [0.4, 0.5) is 24.8 Å². The van der Waals surface area contributed by atoms with Crippen LogP contribution in [0.3, 0.4) is 0 Å². The average Bonchev–Trinajstić information content (AvgIpc) is 2.49. The Bertz CT molecular complexity index is 705. The highest BCUT2D eigenvalue weighted by atomic mass is 79.9. The number of nitrogens with one attached hydrogen (secondary N) is 1. The number of carbonyl (C=O) groups is 1. The van der Waals surface area contributed by atoms with Crippen LogP contribution in [0.15, 0.2) is 34.9 Å². The molecule has 5 nitrogen and oxygen atoms in total. The summed E-state index contributed by atoms with van der Waals surface area (Å²) in [6.07, 6.45) is -4.00. The highest BCUT2D eigenvalue weighted by Crippen LogP contribution is 2.31. The van der Waals surface area contributed by atoms with E-state index in [0.29, 0.717) is 5.69 Å². The van der Waals surface area contributed by atoms with Gasteiger partial charge in [0.05, 0.1) is 6.61 Å². The van der Waals surface area contributed by atoms with Crippen LogP contribution in [0.25, 0.3) is 0 Å². The Labute approximate surface area is 138 Å². The summed E-state index contributed by atoms with van der Waals surface area (Å²) in [4.78, 5) is 18.7. The van der Waals surface area contributed by atoms with Crippen LogP contribution in [0.5, 0.6) is 0 Å². The molecule has 0 spiro atoms. The highest BCUT2D eigenvalue weighted by molar-refractivity contribution is 9.10. The quantitative estimate of drug-likeness (QED) is 0.794. The van der Waals surface area contributed by atoms with Crippen LogP contribution in [0, 0.1) is 0 Å². The summed E-state index contributed by atoms with van der Waals surface area (Å²) in [5.74, 6) is -1.39. The normalized spacial score (nSPS) is 11.2. The third-order valence-corrected chi connectivity index (χ3v) is 3.18. The van der Waals surface area contributed by atoms with Gasteiger partial charge in [-0.05, 0) is 31.2 Å². The third kappa shape index (κ3) is 4.41. The molecular formula is C14H11BrF3N3O2. The molecule has 2 rings (SSSR count). The summed E-state index contributed by atoms with van der Waals surface area (Å²) in [6, 6.07) is 6.69. The van der Waals surface area contributed by atoms with Gasteiger partial charge >= 0.3 is 12.1 Å². The van der Waals surface area contributed by atoms with Gasteiger partial charge in [-0.3, -0.25) is 0 Å². The van der Waals surface area contributed by atoms with Gasteiger partial charge in [-0.15, -0.1) is 0 Å². The van der Waals surface area contributed by atoms with E-state index in [2.05, 4.69) is 36.0 Å². The van der Waals surface area contributed by atoms with Gasteiger partial charge in [0, 0.05) is 16.4 Å². The van der Waals surface area contributed by atoms with Crippen LogP contribution >= 0.6 is 15.9 Å². The van der Waals surface area contributed by atoms with Crippen molar-refractivity contribution >= 4 is 33.5 Å². The van der Waals surface area contributed by atoms with Gasteiger partial charge in [0.15, 0.2) is 5.69 Å². The average molecular weight is 390 g/mol. The molecule has 2 aromatic rings. The molecule has 1 aromatic heterocycles. The maximum atomic E-state index is 13.1. The molecule has 9 heteroatoms. The molecule has 0 radical (unpaired) electrons. The molecule has 0 fully saturated rings. The van der Waals surface area contributed by atoms with E-state index >= 15 is 0 Å². The van der Waals surface area contributed by atoms with Gasteiger partial charge in [0.25, 0.3) is 0 Å². The number of hydrogen-bond donors (Lipinski definition) is 1. The van der Waals surface area contributed by atoms with Crippen molar-refractivity contribution in [2.24, 2.45) is 0 Å². The molecule has 0 atom stereocenters. The van der Waals surface area contributed by atoms with Crippen LogP contribution in [0.1, 0.15) is 23.0 Å². The first-order valence-corrected chi connectivity index (χ1v) is 7.24. The van der Waals surface area contributed by atoms with Crippen LogP contribution < -0.4 is 5.32 Å². The number of hydrogen-bond acceptors (Lipinski definition) is 5. The van der Waals surface area contributed by atoms with Crippen molar-refractivity contribution in [2.75, 3.05) is 11.9 Å². The Morgan fingerprint density at radius 1 is 1.30 bits per heavy atom. The first-order chi connectivity index (χ1) is 10.8. The number of nitrogens with zero attached hydrogens (tertiary/aromatic N) is 2. The summed E-state index contributed by atoms with van der Waals surface area (Å²) in [7, 11) is 0. The highest BCUT2D eigenvalue weighted by Gasteiger charge is 2.38. The zero-order valence-corrected chi connectivity index (χ0v) is 13.4. The molecular weight excluding hydrogens is 379 g/mol. The maximum Gasteiger partial charge on any atom is 0.434 e. The van der Waals surface area contributed by atoms with Crippen molar-refractivity contribution in [2.45, 2.75) is 13.1 Å². The van der Waals surface area contributed by atoms with Gasteiger partial charge < -0.3 is 10.1 Å². The molecule has 0 saturated carbocycles. The smallest absolute Gasteiger partial charge is 0.434 e. The number of benzene rings is 1. The molecule has 0 aliphatic rings. The number of ether oxygens (including phenoxy) is 1. The van der Waals surface area contributed by atoms with Crippen molar-refractivity contribution in [1.82, 2.24) is 9.97 Å². The minimum absolute atomic E-state index is 0.0466. The van der Waals surface area contributed by atoms with Gasteiger partial charge in [-0.25, -0.2) is 14.8 Å². The van der Waals surface area contributed by atoms with Crippen molar-refractivity contribution in [3.8, 4) is 0 Å². The Morgan fingerprint density at radius 2 is 1.96 bits per heavy atom. The first-order valence-electron chi connectivity index (χ1n) is 6.45.